The van der Waals surface area contributed by atoms with E-state index in [1.165, 1.54) is 5.56 Å². The highest BCUT2D eigenvalue weighted by atomic mass is 16.3. The molecule has 0 radical (unpaired) electrons. The second-order valence-corrected chi connectivity index (χ2v) is 7.21. The molecule has 2 saturated heterocycles. The summed E-state index contributed by atoms with van der Waals surface area (Å²) < 4.78 is 0. The van der Waals surface area contributed by atoms with Gasteiger partial charge >= 0.3 is 0 Å². The summed E-state index contributed by atoms with van der Waals surface area (Å²) in [6.07, 6.45) is 0.363. The lowest BCUT2D eigenvalue weighted by molar-refractivity contribution is -0.134. The molecule has 0 saturated carbocycles. The van der Waals surface area contributed by atoms with E-state index in [0.29, 0.717) is 26.1 Å². The van der Waals surface area contributed by atoms with E-state index >= 15 is 0 Å². The number of fused-ring (bicyclic) bond motifs is 1. The third-order valence-electron chi connectivity index (χ3n) is 5.32. The Morgan fingerprint density at radius 2 is 1.48 bits per heavy atom. The molecular weight excluding hydrogens is 312 g/mol. The summed E-state index contributed by atoms with van der Waals surface area (Å²) in [7, 11) is 0. The summed E-state index contributed by atoms with van der Waals surface area (Å²) >= 11 is 0. The van der Waals surface area contributed by atoms with Crippen molar-refractivity contribution in [1.82, 2.24) is 9.80 Å². The molecule has 2 fully saturated rings. The van der Waals surface area contributed by atoms with Crippen LogP contribution in [0.25, 0.3) is 0 Å². The lowest BCUT2D eigenvalue weighted by Crippen LogP contribution is -2.51. The van der Waals surface area contributed by atoms with Crippen LogP contribution in [-0.4, -0.2) is 46.0 Å². The summed E-state index contributed by atoms with van der Waals surface area (Å²) in [5.41, 5.74) is 2.34. The molecule has 0 bridgehead atoms. The van der Waals surface area contributed by atoms with Crippen LogP contribution in [-0.2, 0) is 17.9 Å². The highest BCUT2D eigenvalue weighted by molar-refractivity contribution is 5.84. The van der Waals surface area contributed by atoms with E-state index in [1.807, 2.05) is 41.3 Å². The topological polar surface area (TPSA) is 43.8 Å². The third kappa shape index (κ3) is 3.46. The van der Waals surface area contributed by atoms with Crippen LogP contribution in [0.2, 0.25) is 0 Å². The number of β-amino-alcohol motifs (C(OH)–C–C–N with tert-alkyl or cyclic N) is 1. The molecule has 2 aliphatic heterocycles. The van der Waals surface area contributed by atoms with Crippen LogP contribution >= 0.6 is 0 Å². The Labute approximate surface area is 148 Å². The Morgan fingerprint density at radius 1 is 0.880 bits per heavy atom. The average Bonchev–Trinajstić information content (AvgIpc) is 2.92. The van der Waals surface area contributed by atoms with Crippen molar-refractivity contribution in [3.8, 4) is 0 Å². The molecule has 25 heavy (non-hydrogen) atoms. The van der Waals surface area contributed by atoms with Crippen LogP contribution in [0.5, 0.6) is 0 Å². The van der Waals surface area contributed by atoms with Gasteiger partial charge in [-0.25, -0.2) is 0 Å². The summed E-state index contributed by atoms with van der Waals surface area (Å²) in [4.78, 5) is 17.2. The van der Waals surface area contributed by atoms with E-state index in [1.54, 1.807) is 0 Å². The van der Waals surface area contributed by atoms with E-state index in [-0.39, 0.29) is 24.0 Å². The molecule has 2 aliphatic rings. The fraction of sp³-hybridized carbons (Fsp3) is 0.381. The van der Waals surface area contributed by atoms with Gasteiger partial charge in [0.1, 0.15) is 0 Å². The molecule has 2 heterocycles. The zero-order chi connectivity index (χ0) is 17.2. The number of benzene rings is 2. The van der Waals surface area contributed by atoms with Gasteiger partial charge in [0.15, 0.2) is 0 Å². The smallest absolute Gasteiger partial charge is 0.240 e. The van der Waals surface area contributed by atoms with E-state index < -0.39 is 0 Å². The second kappa shape index (κ2) is 6.98. The first-order valence-electron chi connectivity index (χ1n) is 8.99. The molecular formula is C21H24N2O2. The SMILES string of the molecule is O=C1[C@@H]2[C@@H](C[C@@H](O)CN2Cc2ccccc2)CN1Cc1ccccc1. The number of nitrogens with zero attached hydrogens (tertiary/aromatic N) is 2. The van der Waals surface area contributed by atoms with Crippen molar-refractivity contribution < 1.29 is 9.90 Å². The molecule has 1 N–H and O–H groups in total. The fourth-order valence-corrected chi connectivity index (χ4v) is 4.25. The number of amides is 1. The molecule has 1 amide bonds. The number of likely N-dealkylation sites (tertiary alicyclic amines) is 2. The Kier molecular flexibility index (Phi) is 4.55. The van der Waals surface area contributed by atoms with Gasteiger partial charge in [-0.05, 0) is 17.5 Å². The van der Waals surface area contributed by atoms with Crippen LogP contribution < -0.4 is 0 Å². The van der Waals surface area contributed by atoms with Crippen molar-refractivity contribution >= 4 is 5.91 Å². The highest BCUT2D eigenvalue weighted by Gasteiger charge is 2.47. The molecule has 0 aromatic heterocycles. The van der Waals surface area contributed by atoms with Crippen molar-refractivity contribution in [2.45, 2.75) is 31.7 Å². The molecule has 0 aliphatic carbocycles. The van der Waals surface area contributed by atoms with Crippen LogP contribution in [0.15, 0.2) is 60.7 Å². The minimum absolute atomic E-state index is 0.104. The van der Waals surface area contributed by atoms with E-state index in [4.69, 9.17) is 0 Å². The van der Waals surface area contributed by atoms with Gasteiger partial charge in [-0.3, -0.25) is 9.69 Å². The standard InChI is InChI=1S/C21H24N2O2/c24-19-11-18-14-23(13-17-9-5-2-6-10-17)21(25)20(18)22(15-19)12-16-7-3-1-4-8-16/h1-10,18-20,24H,11-15H2/t18-,19+,20-/m0/s1. The number of hydrogen-bond acceptors (Lipinski definition) is 3. The van der Waals surface area contributed by atoms with Gasteiger partial charge < -0.3 is 10.0 Å². The first-order chi connectivity index (χ1) is 12.2. The first-order valence-corrected chi connectivity index (χ1v) is 8.99. The quantitative estimate of drug-likeness (QED) is 0.932. The normalized spacial score (nSPS) is 26.7. The molecule has 4 rings (SSSR count). The van der Waals surface area contributed by atoms with Gasteiger partial charge in [-0.15, -0.1) is 0 Å². The van der Waals surface area contributed by atoms with Crippen molar-refractivity contribution in [1.29, 1.82) is 0 Å². The van der Waals surface area contributed by atoms with Gasteiger partial charge in [0.2, 0.25) is 5.91 Å². The van der Waals surface area contributed by atoms with Crippen molar-refractivity contribution in [3.05, 3.63) is 71.8 Å². The van der Waals surface area contributed by atoms with Gasteiger partial charge in [0.25, 0.3) is 0 Å². The Hall–Kier alpha value is -2.17. The predicted octanol–water partition coefficient (Wildman–Crippen LogP) is 2.28. The molecule has 4 nitrogen and oxygen atoms in total. The van der Waals surface area contributed by atoms with Crippen molar-refractivity contribution in [3.63, 3.8) is 0 Å². The Morgan fingerprint density at radius 3 is 2.12 bits per heavy atom. The molecule has 0 spiro atoms. The molecule has 0 unspecified atom stereocenters. The number of rotatable bonds is 4. The molecule has 3 atom stereocenters. The monoisotopic (exact) mass is 336 g/mol. The zero-order valence-electron chi connectivity index (χ0n) is 14.3. The molecule has 4 heteroatoms. The van der Waals surface area contributed by atoms with Gasteiger partial charge in [-0.2, -0.15) is 0 Å². The lowest BCUT2D eigenvalue weighted by Gasteiger charge is -2.38. The number of carbonyl (C=O) groups excluding carboxylic acids is 1. The lowest BCUT2D eigenvalue weighted by atomic mass is 9.89. The maximum absolute atomic E-state index is 13.1. The highest BCUT2D eigenvalue weighted by Crippen LogP contribution is 2.33. The van der Waals surface area contributed by atoms with E-state index in [2.05, 4.69) is 29.2 Å². The third-order valence-corrected chi connectivity index (χ3v) is 5.32. The van der Waals surface area contributed by atoms with Gasteiger partial charge in [-0.1, -0.05) is 60.7 Å². The largest absolute Gasteiger partial charge is 0.392 e. The van der Waals surface area contributed by atoms with Crippen LogP contribution in [0.1, 0.15) is 17.5 Å². The van der Waals surface area contributed by atoms with E-state index in [9.17, 15) is 9.90 Å². The van der Waals surface area contributed by atoms with E-state index in [0.717, 1.165) is 12.1 Å². The first kappa shape index (κ1) is 16.3. The number of aliphatic hydroxyl groups excluding tert-OH is 1. The zero-order valence-corrected chi connectivity index (χ0v) is 14.3. The maximum Gasteiger partial charge on any atom is 0.240 e. The summed E-state index contributed by atoms with van der Waals surface area (Å²) in [5, 5.41) is 10.3. The maximum atomic E-state index is 13.1. The molecule has 2 aromatic carbocycles. The number of aliphatic hydroxyl groups is 1. The van der Waals surface area contributed by atoms with Gasteiger partial charge in [0.05, 0.1) is 12.1 Å². The van der Waals surface area contributed by atoms with Gasteiger partial charge in [0, 0.05) is 32.1 Å². The summed E-state index contributed by atoms with van der Waals surface area (Å²) in [6, 6.07) is 20.2. The minimum atomic E-state index is -0.352. The van der Waals surface area contributed by atoms with Crippen molar-refractivity contribution in [2.24, 2.45) is 5.92 Å². The second-order valence-electron chi connectivity index (χ2n) is 7.21. The molecule has 130 valence electrons. The molecule has 2 aromatic rings. The minimum Gasteiger partial charge on any atom is -0.392 e. The van der Waals surface area contributed by atoms with Crippen LogP contribution in [0, 0.1) is 5.92 Å². The number of carbonyl (C=O) groups is 1. The predicted molar refractivity (Wildman–Crippen MR) is 96.6 cm³/mol. The summed E-state index contributed by atoms with van der Waals surface area (Å²) in [5.74, 6) is 0.417. The number of piperidine rings is 1. The Balaban J connectivity index is 1.52. The fourth-order valence-electron chi connectivity index (χ4n) is 4.25. The van der Waals surface area contributed by atoms with Crippen LogP contribution in [0.4, 0.5) is 0 Å². The average molecular weight is 336 g/mol. The number of hydrogen-bond donors (Lipinski definition) is 1. The van der Waals surface area contributed by atoms with Crippen molar-refractivity contribution in [2.75, 3.05) is 13.1 Å². The Bertz CT molecular complexity index is 719. The van der Waals surface area contributed by atoms with Crippen LogP contribution in [0.3, 0.4) is 0 Å². The summed E-state index contributed by atoms with van der Waals surface area (Å²) in [6.45, 7) is 2.67.